The second-order valence-electron chi connectivity index (χ2n) is 5.47. The van der Waals surface area contributed by atoms with Gasteiger partial charge in [0.25, 0.3) is 0 Å². The molecule has 1 aliphatic rings. The minimum absolute atomic E-state index is 0.158. The maximum Gasteiger partial charge on any atom is 0.128 e. The Bertz CT molecular complexity index is 417. The summed E-state index contributed by atoms with van der Waals surface area (Å²) >= 11 is 0. The highest BCUT2D eigenvalue weighted by molar-refractivity contribution is 5.21. The zero-order valence-corrected chi connectivity index (χ0v) is 11.2. The van der Waals surface area contributed by atoms with Gasteiger partial charge >= 0.3 is 0 Å². The first-order chi connectivity index (χ1) is 9.06. The molecular weight excluding hydrogens is 248 g/mol. The van der Waals surface area contributed by atoms with E-state index < -0.39 is 5.82 Å². The third kappa shape index (κ3) is 3.98. The van der Waals surface area contributed by atoms with E-state index in [-0.39, 0.29) is 18.0 Å². The van der Waals surface area contributed by atoms with Crippen molar-refractivity contribution in [1.29, 1.82) is 0 Å². The molecule has 1 aliphatic carbocycles. The number of aliphatic hydroxyl groups excluding tert-OH is 1. The van der Waals surface area contributed by atoms with E-state index in [0.29, 0.717) is 11.5 Å². The van der Waals surface area contributed by atoms with Gasteiger partial charge in [0.1, 0.15) is 11.6 Å². The van der Waals surface area contributed by atoms with Gasteiger partial charge in [0, 0.05) is 11.6 Å². The summed E-state index contributed by atoms with van der Waals surface area (Å²) in [6.45, 7) is 2.62. The number of hydrogen-bond donors (Lipinski definition) is 2. The lowest BCUT2D eigenvalue weighted by molar-refractivity contribution is 0.107. The van der Waals surface area contributed by atoms with Crippen molar-refractivity contribution in [1.82, 2.24) is 5.32 Å². The highest BCUT2D eigenvalue weighted by Gasteiger charge is 2.20. The van der Waals surface area contributed by atoms with Crippen LogP contribution in [0.1, 0.15) is 44.2 Å². The third-order valence-electron chi connectivity index (χ3n) is 3.95. The molecule has 0 heterocycles. The summed E-state index contributed by atoms with van der Waals surface area (Å²) in [4.78, 5) is 0. The highest BCUT2D eigenvalue weighted by Crippen LogP contribution is 2.25. The van der Waals surface area contributed by atoms with Crippen molar-refractivity contribution in [3.8, 4) is 0 Å². The molecule has 4 heteroatoms. The fourth-order valence-corrected chi connectivity index (χ4v) is 2.65. The average molecular weight is 269 g/mol. The van der Waals surface area contributed by atoms with Gasteiger partial charge in [-0.3, -0.25) is 0 Å². The van der Waals surface area contributed by atoms with E-state index in [9.17, 15) is 13.9 Å². The fraction of sp³-hybridized carbons (Fsp3) is 0.600. The summed E-state index contributed by atoms with van der Waals surface area (Å²) in [5, 5.41) is 12.7. The van der Waals surface area contributed by atoms with Crippen molar-refractivity contribution in [3.63, 3.8) is 0 Å². The van der Waals surface area contributed by atoms with Crippen molar-refractivity contribution in [2.24, 2.45) is 5.92 Å². The molecule has 1 aromatic carbocycles. The molecule has 1 saturated carbocycles. The summed E-state index contributed by atoms with van der Waals surface area (Å²) in [6.07, 6.45) is 3.51. The maximum absolute atomic E-state index is 13.6. The van der Waals surface area contributed by atoms with E-state index in [1.54, 1.807) is 0 Å². The monoisotopic (exact) mass is 269 g/mol. The second kappa shape index (κ2) is 6.44. The van der Waals surface area contributed by atoms with Crippen LogP contribution in [0.2, 0.25) is 0 Å². The van der Waals surface area contributed by atoms with Crippen LogP contribution in [0.15, 0.2) is 18.2 Å². The molecule has 0 bridgehead atoms. The van der Waals surface area contributed by atoms with E-state index in [1.807, 2.05) is 6.92 Å². The molecule has 0 aliphatic heterocycles. The second-order valence-corrected chi connectivity index (χ2v) is 5.47. The lowest BCUT2D eigenvalue weighted by atomic mass is 9.87. The molecular formula is C15H21F2NO. The molecule has 0 amide bonds. The predicted octanol–water partition coefficient (Wildman–Crippen LogP) is 3.17. The van der Waals surface area contributed by atoms with Gasteiger partial charge in [-0.15, -0.1) is 0 Å². The van der Waals surface area contributed by atoms with Crippen molar-refractivity contribution in [3.05, 3.63) is 35.4 Å². The standard InChI is InChI=1S/C15H21F2NO/c1-10(14-8-12(16)4-7-15(14)17)18-9-11-2-5-13(19)6-3-11/h4,7-8,10-11,13,18-19H,2-3,5-6,9H2,1H3. The van der Waals surface area contributed by atoms with Crippen molar-refractivity contribution >= 4 is 0 Å². The van der Waals surface area contributed by atoms with Crippen LogP contribution < -0.4 is 5.32 Å². The Balaban J connectivity index is 1.87. The van der Waals surface area contributed by atoms with Crippen molar-refractivity contribution in [2.45, 2.75) is 44.8 Å². The number of aliphatic hydroxyl groups is 1. The Hall–Kier alpha value is -1.00. The molecule has 2 rings (SSSR count). The Morgan fingerprint density at radius 2 is 1.95 bits per heavy atom. The Morgan fingerprint density at radius 3 is 2.63 bits per heavy atom. The van der Waals surface area contributed by atoms with Gasteiger partial charge in [0.05, 0.1) is 6.10 Å². The number of halogens is 2. The van der Waals surface area contributed by atoms with E-state index in [0.717, 1.165) is 38.3 Å². The number of rotatable bonds is 4. The minimum Gasteiger partial charge on any atom is -0.393 e. The first kappa shape index (κ1) is 14.4. The largest absolute Gasteiger partial charge is 0.393 e. The Labute approximate surface area is 112 Å². The van der Waals surface area contributed by atoms with Gasteiger partial charge in [-0.25, -0.2) is 8.78 Å². The minimum atomic E-state index is -0.411. The zero-order valence-electron chi connectivity index (χ0n) is 11.2. The summed E-state index contributed by atoms with van der Waals surface area (Å²) < 4.78 is 26.7. The van der Waals surface area contributed by atoms with Gasteiger partial charge in [-0.1, -0.05) is 0 Å². The van der Waals surface area contributed by atoms with Crippen LogP contribution in [-0.4, -0.2) is 17.8 Å². The van der Waals surface area contributed by atoms with E-state index in [2.05, 4.69) is 5.32 Å². The molecule has 0 saturated heterocycles. The van der Waals surface area contributed by atoms with Gasteiger partial charge < -0.3 is 10.4 Å². The first-order valence-corrected chi connectivity index (χ1v) is 6.92. The van der Waals surface area contributed by atoms with Crippen molar-refractivity contribution in [2.75, 3.05) is 6.54 Å². The SMILES string of the molecule is CC(NCC1CCC(O)CC1)c1cc(F)ccc1F. The van der Waals surface area contributed by atoms with Crippen molar-refractivity contribution < 1.29 is 13.9 Å². The quantitative estimate of drug-likeness (QED) is 0.880. The van der Waals surface area contributed by atoms with Crippen LogP contribution in [0.3, 0.4) is 0 Å². The number of nitrogens with one attached hydrogen (secondary N) is 1. The predicted molar refractivity (Wildman–Crippen MR) is 70.7 cm³/mol. The molecule has 0 radical (unpaired) electrons. The summed E-state index contributed by atoms with van der Waals surface area (Å²) in [6, 6.07) is 3.34. The molecule has 0 aromatic heterocycles. The molecule has 106 valence electrons. The summed E-state index contributed by atoms with van der Waals surface area (Å²) in [5.74, 6) is -0.270. The number of hydrogen-bond acceptors (Lipinski definition) is 2. The molecule has 1 fully saturated rings. The summed E-state index contributed by atoms with van der Waals surface area (Å²) in [5.41, 5.74) is 0.371. The van der Waals surface area contributed by atoms with E-state index >= 15 is 0 Å². The van der Waals surface area contributed by atoms with Crippen LogP contribution in [0.25, 0.3) is 0 Å². The van der Waals surface area contributed by atoms with Crippen LogP contribution in [0.5, 0.6) is 0 Å². The Morgan fingerprint density at radius 1 is 1.26 bits per heavy atom. The van der Waals surface area contributed by atoms with Crippen LogP contribution in [0, 0.1) is 17.6 Å². The first-order valence-electron chi connectivity index (χ1n) is 6.92. The molecule has 2 N–H and O–H groups in total. The summed E-state index contributed by atoms with van der Waals surface area (Å²) in [7, 11) is 0. The molecule has 1 unspecified atom stereocenters. The van der Waals surface area contributed by atoms with Gasteiger partial charge in [0.2, 0.25) is 0 Å². The lowest BCUT2D eigenvalue weighted by Crippen LogP contribution is -2.30. The fourth-order valence-electron chi connectivity index (χ4n) is 2.65. The molecule has 1 atom stereocenters. The maximum atomic E-state index is 13.6. The molecule has 0 spiro atoms. The average Bonchev–Trinajstić information content (AvgIpc) is 2.40. The van der Waals surface area contributed by atoms with E-state index in [4.69, 9.17) is 0 Å². The van der Waals surface area contributed by atoms with Crippen LogP contribution >= 0.6 is 0 Å². The van der Waals surface area contributed by atoms with Gasteiger partial charge in [-0.2, -0.15) is 0 Å². The van der Waals surface area contributed by atoms with Crippen LogP contribution in [-0.2, 0) is 0 Å². The highest BCUT2D eigenvalue weighted by atomic mass is 19.1. The van der Waals surface area contributed by atoms with E-state index in [1.165, 1.54) is 12.1 Å². The van der Waals surface area contributed by atoms with Gasteiger partial charge in [-0.05, 0) is 63.3 Å². The third-order valence-corrected chi connectivity index (χ3v) is 3.95. The smallest absolute Gasteiger partial charge is 0.128 e. The lowest BCUT2D eigenvalue weighted by Gasteiger charge is -2.27. The number of benzene rings is 1. The van der Waals surface area contributed by atoms with Crippen LogP contribution in [0.4, 0.5) is 8.78 Å². The Kier molecular flexibility index (Phi) is 4.88. The normalized spacial score (nSPS) is 25.3. The van der Waals surface area contributed by atoms with Gasteiger partial charge in [0.15, 0.2) is 0 Å². The molecule has 1 aromatic rings. The molecule has 2 nitrogen and oxygen atoms in total. The topological polar surface area (TPSA) is 32.3 Å². The zero-order chi connectivity index (χ0) is 13.8. The molecule has 19 heavy (non-hydrogen) atoms.